The number of pyridine rings is 2. The van der Waals surface area contributed by atoms with E-state index in [1.165, 1.54) is 30.2 Å². The Morgan fingerprint density at radius 2 is 2.16 bits per heavy atom. The lowest BCUT2D eigenvalue weighted by Gasteiger charge is -2.22. The van der Waals surface area contributed by atoms with Crippen molar-refractivity contribution in [2.24, 2.45) is 0 Å². The summed E-state index contributed by atoms with van der Waals surface area (Å²) < 4.78 is 0. The molecule has 0 radical (unpaired) electrons. The monoisotopic (exact) mass is 257 g/mol. The molecule has 6 nitrogen and oxygen atoms in total. The molecule has 19 heavy (non-hydrogen) atoms. The van der Waals surface area contributed by atoms with Crippen LogP contribution in [0.4, 0.5) is 17.2 Å². The average Bonchev–Trinajstić information content (AvgIpc) is 2.41. The molecule has 0 unspecified atom stereocenters. The molecule has 98 valence electrons. The normalized spacial score (nSPS) is 10.1. The molecule has 0 saturated heterocycles. The molecule has 0 atom stereocenters. The Hall–Kier alpha value is -2.47. The molecule has 0 aliphatic heterocycles. The number of nitrogens with one attached hydrogen (secondary N) is 1. The summed E-state index contributed by atoms with van der Waals surface area (Å²) in [6.07, 6.45) is 4.75. The van der Waals surface area contributed by atoms with Gasteiger partial charge in [0.25, 0.3) is 0 Å². The number of hydrogen-bond acceptors (Lipinski definition) is 5. The summed E-state index contributed by atoms with van der Waals surface area (Å²) in [5, 5.41) is 10.7. The highest BCUT2D eigenvalue weighted by Crippen LogP contribution is 2.27. The molecule has 0 saturated carbocycles. The second kappa shape index (κ2) is 5.45. The molecular weight excluding hydrogens is 244 g/mol. The van der Waals surface area contributed by atoms with Gasteiger partial charge in [-0.2, -0.15) is 0 Å². The van der Waals surface area contributed by atoms with Crippen LogP contribution >= 0.6 is 0 Å². The maximum Gasteiger partial charge on any atom is 0.229 e. The van der Waals surface area contributed by atoms with Gasteiger partial charge in [0, 0.05) is 37.3 Å². The average molecular weight is 257 g/mol. The van der Waals surface area contributed by atoms with Crippen LogP contribution in [-0.4, -0.2) is 15.9 Å². The topological polar surface area (TPSA) is 81.2 Å². The number of hydrogen-bond donors (Lipinski definition) is 1. The van der Waals surface area contributed by atoms with E-state index in [-0.39, 0.29) is 5.91 Å². The molecule has 0 spiro atoms. The number of aromatic nitrogens is 2. The minimum atomic E-state index is -0.190. The fourth-order valence-electron chi connectivity index (χ4n) is 1.78. The molecule has 2 aromatic rings. The van der Waals surface area contributed by atoms with E-state index in [2.05, 4.69) is 9.97 Å². The summed E-state index contributed by atoms with van der Waals surface area (Å²) in [5.41, 5.74) is 3.68. The Morgan fingerprint density at radius 1 is 1.37 bits per heavy atom. The van der Waals surface area contributed by atoms with Crippen LogP contribution in [0.15, 0.2) is 36.8 Å². The number of rotatable bonds is 3. The van der Waals surface area contributed by atoms with Gasteiger partial charge in [-0.3, -0.25) is 14.7 Å². The molecule has 6 heteroatoms. The van der Waals surface area contributed by atoms with Crippen LogP contribution in [0.5, 0.6) is 0 Å². The van der Waals surface area contributed by atoms with E-state index in [1.807, 2.05) is 6.92 Å². The van der Waals surface area contributed by atoms with Gasteiger partial charge in [0.2, 0.25) is 5.91 Å². The van der Waals surface area contributed by atoms with Crippen LogP contribution in [0, 0.1) is 12.1 Å². The lowest BCUT2D eigenvalue weighted by atomic mass is 10.2. The minimum Gasteiger partial charge on any atom is -0.761 e. The summed E-state index contributed by atoms with van der Waals surface area (Å²) in [7, 11) is 0. The molecule has 0 aliphatic rings. The van der Waals surface area contributed by atoms with E-state index in [0.29, 0.717) is 17.2 Å². The first-order valence-corrected chi connectivity index (χ1v) is 5.69. The van der Waals surface area contributed by atoms with Crippen LogP contribution in [0.1, 0.15) is 12.5 Å². The van der Waals surface area contributed by atoms with Gasteiger partial charge in [0.05, 0.1) is 5.69 Å². The van der Waals surface area contributed by atoms with Crippen molar-refractivity contribution in [2.45, 2.75) is 13.8 Å². The number of carbonyl (C=O) groups is 1. The molecule has 2 heterocycles. The van der Waals surface area contributed by atoms with Crippen molar-refractivity contribution >= 4 is 23.1 Å². The van der Waals surface area contributed by atoms with Gasteiger partial charge >= 0.3 is 0 Å². The van der Waals surface area contributed by atoms with Gasteiger partial charge < -0.3 is 10.7 Å². The van der Waals surface area contributed by atoms with E-state index in [0.717, 1.165) is 5.56 Å². The third-order valence-electron chi connectivity index (χ3n) is 2.64. The fraction of sp³-hybridized carbons (Fsp3) is 0.154. The summed E-state index contributed by atoms with van der Waals surface area (Å²) in [5.74, 6) is 0.201. The summed E-state index contributed by atoms with van der Waals surface area (Å²) in [6.45, 7) is 3.30. The highest BCUT2D eigenvalue weighted by molar-refractivity contribution is 5.99. The Morgan fingerprint density at radius 3 is 2.79 bits per heavy atom. The Bertz CT molecular complexity index is 601. The van der Waals surface area contributed by atoms with Gasteiger partial charge in [-0.1, -0.05) is 0 Å². The van der Waals surface area contributed by atoms with Crippen LogP contribution in [0.3, 0.4) is 0 Å². The SMILES string of the molecule is CC(=O)N(c1cc(N[O-])ccn1)c1ccncc1C. The van der Waals surface area contributed by atoms with Gasteiger partial charge in [-0.15, -0.1) is 0 Å². The van der Waals surface area contributed by atoms with Crippen molar-refractivity contribution in [3.63, 3.8) is 0 Å². The molecular formula is C13H13N4O2-. The van der Waals surface area contributed by atoms with E-state index < -0.39 is 0 Å². The second-order valence-corrected chi connectivity index (χ2v) is 4.02. The maximum atomic E-state index is 11.9. The smallest absolute Gasteiger partial charge is 0.229 e. The first-order chi connectivity index (χ1) is 9.13. The Kier molecular flexibility index (Phi) is 3.72. The molecule has 2 aromatic heterocycles. The molecule has 1 amide bonds. The third kappa shape index (κ3) is 2.69. The molecule has 0 aromatic carbocycles. The van der Waals surface area contributed by atoms with Crippen LogP contribution in [-0.2, 0) is 4.79 Å². The number of amides is 1. The molecule has 2 rings (SSSR count). The number of carbonyl (C=O) groups excluding carboxylic acids is 1. The van der Waals surface area contributed by atoms with Crippen molar-refractivity contribution in [1.29, 1.82) is 0 Å². The molecule has 0 aliphatic carbocycles. The van der Waals surface area contributed by atoms with E-state index in [1.54, 1.807) is 23.9 Å². The molecule has 1 N–H and O–H groups in total. The largest absolute Gasteiger partial charge is 0.761 e. The number of aryl methyl sites for hydroxylation is 1. The first-order valence-electron chi connectivity index (χ1n) is 5.69. The zero-order valence-electron chi connectivity index (χ0n) is 10.6. The van der Waals surface area contributed by atoms with E-state index in [4.69, 9.17) is 0 Å². The lowest BCUT2D eigenvalue weighted by molar-refractivity contribution is -0.115. The maximum absolute atomic E-state index is 11.9. The van der Waals surface area contributed by atoms with Crippen molar-refractivity contribution in [3.05, 3.63) is 47.6 Å². The van der Waals surface area contributed by atoms with Gasteiger partial charge in [0.1, 0.15) is 5.82 Å². The van der Waals surface area contributed by atoms with Crippen molar-refractivity contribution in [3.8, 4) is 0 Å². The van der Waals surface area contributed by atoms with Gasteiger partial charge in [-0.25, -0.2) is 4.98 Å². The summed E-state index contributed by atoms with van der Waals surface area (Å²) in [4.78, 5) is 21.4. The summed E-state index contributed by atoms with van der Waals surface area (Å²) >= 11 is 0. The predicted octanol–water partition coefficient (Wildman–Crippen LogP) is 2.38. The molecule has 0 bridgehead atoms. The minimum absolute atomic E-state index is 0.190. The van der Waals surface area contributed by atoms with Crippen molar-refractivity contribution in [1.82, 2.24) is 9.97 Å². The van der Waals surface area contributed by atoms with Crippen LogP contribution in [0.2, 0.25) is 0 Å². The number of nitrogens with zero attached hydrogens (tertiary/aromatic N) is 3. The Balaban J connectivity index is 2.52. The predicted molar refractivity (Wildman–Crippen MR) is 73.0 cm³/mol. The van der Waals surface area contributed by atoms with Crippen molar-refractivity contribution in [2.75, 3.05) is 10.4 Å². The molecule has 0 fully saturated rings. The fourth-order valence-corrected chi connectivity index (χ4v) is 1.78. The second-order valence-electron chi connectivity index (χ2n) is 4.02. The van der Waals surface area contributed by atoms with E-state index in [9.17, 15) is 10.0 Å². The van der Waals surface area contributed by atoms with Crippen LogP contribution in [0.25, 0.3) is 0 Å². The first kappa shape index (κ1) is 13.0. The van der Waals surface area contributed by atoms with Crippen molar-refractivity contribution < 1.29 is 4.79 Å². The zero-order chi connectivity index (χ0) is 13.8. The summed E-state index contributed by atoms with van der Waals surface area (Å²) in [6, 6.07) is 4.79. The van der Waals surface area contributed by atoms with E-state index >= 15 is 0 Å². The number of anilines is 3. The third-order valence-corrected chi connectivity index (χ3v) is 2.64. The Labute approximate surface area is 110 Å². The zero-order valence-corrected chi connectivity index (χ0v) is 10.6. The van der Waals surface area contributed by atoms with Gasteiger partial charge in [0.15, 0.2) is 0 Å². The quantitative estimate of drug-likeness (QED) is 0.854. The highest BCUT2D eigenvalue weighted by atomic mass is 16.5. The standard InChI is InChI=1S/C13H13N4O2/c1-9-8-14-5-4-12(9)17(10(2)18)13-7-11(16-19)3-6-15-13/h3-8H,1-2H3,(H-,15,16,19)/q-1. The highest BCUT2D eigenvalue weighted by Gasteiger charge is 2.17. The lowest BCUT2D eigenvalue weighted by Crippen LogP contribution is -2.24. The van der Waals surface area contributed by atoms with Crippen LogP contribution < -0.4 is 10.4 Å². The van der Waals surface area contributed by atoms with Gasteiger partial charge in [-0.05, 0) is 24.6 Å².